The van der Waals surface area contributed by atoms with Gasteiger partial charge >= 0.3 is 6.03 Å². The molecule has 2 aromatic heterocycles. The maximum atomic E-state index is 15.3. The lowest BCUT2D eigenvalue weighted by Crippen LogP contribution is -2.48. The van der Waals surface area contributed by atoms with E-state index in [1.807, 2.05) is 30.3 Å². The average Bonchev–Trinajstić information content (AvgIpc) is 3.40. The van der Waals surface area contributed by atoms with Crippen molar-refractivity contribution in [3.63, 3.8) is 0 Å². The number of pyridine rings is 1. The highest BCUT2D eigenvalue weighted by molar-refractivity contribution is 5.93. The average molecular weight is 524 g/mol. The number of nitrogens with one attached hydrogen (secondary N) is 2. The number of amides is 2. The minimum Gasteiger partial charge on any atom is -0.367 e. The molecule has 0 saturated heterocycles. The van der Waals surface area contributed by atoms with Gasteiger partial charge in [0.2, 0.25) is 0 Å². The van der Waals surface area contributed by atoms with E-state index >= 15 is 4.39 Å². The van der Waals surface area contributed by atoms with E-state index in [2.05, 4.69) is 26.8 Å². The zero-order valence-electron chi connectivity index (χ0n) is 21.7. The molecule has 0 atom stereocenters. The molecular formula is C30H30FN7O. The molecular weight excluding hydrogens is 493 g/mol. The van der Waals surface area contributed by atoms with Crippen molar-refractivity contribution in [1.29, 1.82) is 5.26 Å². The standard InChI is InChI=1S/C30H30FN7O/c1-37-20-23(19-35-37)27-13-12-26(15-28(27)31)38(30(39)34-17-21-5-3-2-4-6-21)25-10-8-24(9-11-25)36-29-14-7-22(16-32)18-33-29/h2-7,12-15,18-20,24-25H,8-11,17H2,1H3,(H,33,36)(H,34,39). The van der Waals surface area contributed by atoms with Crippen molar-refractivity contribution in [2.24, 2.45) is 7.05 Å². The van der Waals surface area contributed by atoms with Crippen molar-refractivity contribution in [2.45, 2.75) is 44.3 Å². The lowest BCUT2D eigenvalue weighted by atomic mass is 9.89. The van der Waals surface area contributed by atoms with Crippen LogP contribution in [0.3, 0.4) is 0 Å². The first-order valence-electron chi connectivity index (χ1n) is 13.0. The van der Waals surface area contributed by atoms with Gasteiger partial charge in [-0.15, -0.1) is 0 Å². The summed E-state index contributed by atoms with van der Waals surface area (Å²) in [5.41, 5.74) is 3.16. The molecule has 0 spiro atoms. The zero-order valence-corrected chi connectivity index (χ0v) is 21.7. The fraction of sp³-hybridized carbons (Fsp3) is 0.267. The molecule has 39 heavy (non-hydrogen) atoms. The van der Waals surface area contributed by atoms with Crippen molar-refractivity contribution in [1.82, 2.24) is 20.1 Å². The molecule has 0 bridgehead atoms. The lowest BCUT2D eigenvalue weighted by Gasteiger charge is -2.37. The fourth-order valence-corrected chi connectivity index (χ4v) is 5.03. The summed E-state index contributed by atoms with van der Waals surface area (Å²) in [5.74, 6) is 0.326. The normalized spacial score (nSPS) is 16.7. The van der Waals surface area contributed by atoms with Crippen LogP contribution in [0.5, 0.6) is 0 Å². The number of anilines is 2. The van der Waals surface area contributed by atoms with Crippen molar-refractivity contribution in [3.05, 3.63) is 96.2 Å². The molecule has 1 aliphatic carbocycles. The van der Waals surface area contributed by atoms with Crippen LogP contribution in [0.1, 0.15) is 36.8 Å². The Hall–Kier alpha value is -4.71. The molecule has 1 saturated carbocycles. The van der Waals surface area contributed by atoms with Crippen molar-refractivity contribution >= 4 is 17.5 Å². The van der Waals surface area contributed by atoms with Gasteiger partial charge in [-0.3, -0.25) is 9.58 Å². The van der Waals surface area contributed by atoms with E-state index in [0.717, 1.165) is 37.1 Å². The molecule has 1 aliphatic rings. The summed E-state index contributed by atoms with van der Waals surface area (Å²) in [4.78, 5) is 19.6. The molecule has 1 fully saturated rings. The third kappa shape index (κ3) is 6.24. The van der Waals surface area contributed by atoms with Gasteiger partial charge in [0.1, 0.15) is 17.7 Å². The van der Waals surface area contributed by atoms with Crippen LogP contribution in [-0.2, 0) is 13.6 Å². The van der Waals surface area contributed by atoms with Crippen LogP contribution in [0.4, 0.5) is 20.7 Å². The van der Waals surface area contributed by atoms with Gasteiger partial charge in [0.25, 0.3) is 0 Å². The maximum Gasteiger partial charge on any atom is 0.322 e. The second-order valence-corrected chi connectivity index (χ2v) is 9.77. The van der Waals surface area contributed by atoms with Crippen LogP contribution in [0.25, 0.3) is 11.1 Å². The van der Waals surface area contributed by atoms with Crippen LogP contribution in [-0.4, -0.2) is 32.9 Å². The predicted molar refractivity (Wildman–Crippen MR) is 148 cm³/mol. The Morgan fingerprint density at radius 3 is 2.54 bits per heavy atom. The Balaban J connectivity index is 1.32. The van der Waals surface area contributed by atoms with E-state index in [-0.39, 0.29) is 18.1 Å². The van der Waals surface area contributed by atoms with E-state index in [1.165, 1.54) is 6.07 Å². The molecule has 5 rings (SSSR count). The molecule has 8 nitrogen and oxygen atoms in total. The number of carbonyl (C=O) groups excluding carboxylic acids is 1. The van der Waals surface area contributed by atoms with Gasteiger partial charge in [0.05, 0.1) is 11.8 Å². The van der Waals surface area contributed by atoms with Gasteiger partial charge in [-0.25, -0.2) is 14.2 Å². The predicted octanol–water partition coefficient (Wildman–Crippen LogP) is 5.63. The number of hydrogen-bond acceptors (Lipinski definition) is 5. The highest BCUT2D eigenvalue weighted by atomic mass is 19.1. The third-order valence-corrected chi connectivity index (χ3v) is 7.06. The molecule has 0 unspecified atom stereocenters. The number of nitrogens with zero attached hydrogens (tertiary/aromatic N) is 5. The Kier molecular flexibility index (Phi) is 7.83. The first-order chi connectivity index (χ1) is 19.0. The van der Waals surface area contributed by atoms with E-state index in [0.29, 0.717) is 28.9 Å². The molecule has 4 aromatic rings. The molecule has 2 N–H and O–H groups in total. The molecule has 2 aromatic carbocycles. The molecule has 2 amide bonds. The smallest absolute Gasteiger partial charge is 0.322 e. The van der Waals surface area contributed by atoms with Gasteiger partial charge in [-0.1, -0.05) is 30.3 Å². The van der Waals surface area contributed by atoms with Gasteiger partial charge in [-0.05, 0) is 61.6 Å². The number of nitriles is 1. The summed E-state index contributed by atoms with van der Waals surface area (Å²) in [6.45, 7) is 0.383. The molecule has 198 valence electrons. The number of aromatic nitrogens is 3. The second-order valence-electron chi connectivity index (χ2n) is 9.77. The molecule has 0 aliphatic heterocycles. The zero-order chi connectivity index (χ0) is 27.2. The van der Waals surface area contributed by atoms with Crippen molar-refractivity contribution in [2.75, 3.05) is 10.2 Å². The van der Waals surface area contributed by atoms with Crippen molar-refractivity contribution in [3.8, 4) is 17.2 Å². The molecule has 2 heterocycles. The van der Waals surface area contributed by atoms with E-state index < -0.39 is 5.82 Å². The van der Waals surface area contributed by atoms with Crippen molar-refractivity contribution < 1.29 is 9.18 Å². The minimum absolute atomic E-state index is 0.0867. The first kappa shape index (κ1) is 25.9. The number of benzene rings is 2. The maximum absolute atomic E-state index is 15.3. The largest absolute Gasteiger partial charge is 0.367 e. The minimum atomic E-state index is -0.399. The summed E-state index contributed by atoms with van der Waals surface area (Å²) in [5, 5.41) is 19.6. The van der Waals surface area contributed by atoms with Gasteiger partial charge in [0, 0.05) is 54.9 Å². The lowest BCUT2D eigenvalue weighted by molar-refractivity contribution is 0.240. The Morgan fingerprint density at radius 2 is 1.90 bits per heavy atom. The van der Waals surface area contributed by atoms with Crippen LogP contribution in [0.15, 0.2) is 79.3 Å². The third-order valence-electron chi connectivity index (χ3n) is 7.06. The highest BCUT2D eigenvalue weighted by Gasteiger charge is 2.31. The van der Waals surface area contributed by atoms with Gasteiger partial charge < -0.3 is 10.6 Å². The summed E-state index contributed by atoms with van der Waals surface area (Å²) < 4.78 is 16.9. The summed E-state index contributed by atoms with van der Waals surface area (Å²) >= 11 is 0. The fourth-order valence-electron chi connectivity index (χ4n) is 5.03. The van der Waals surface area contributed by atoms with Gasteiger partial charge in [0.15, 0.2) is 0 Å². The SMILES string of the molecule is Cn1cc(-c2ccc(N(C(=O)NCc3ccccc3)C3CCC(Nc4ccc(C#N)cn4)CC3)cc2F)cn1. The summed E-state index contributed by atoms with van der Waals surface area (Å²) in [7, 11) is 1.79. The number of urea groups is 1. The van der Waals surface area contributed by atoms with E-state index in [4.69, 9.17) is 5.26 Å². The number of carbonyl (C=O) groups is 1. The molecule has 0 radical (unpaired) electrons. The second kappa shape index (κ2) is 11.8. The van der Waals surface area contributed by atoms with Crippen LogP contribution in [0.2, 0.25) is 0 Å². The van der Waals surface area contributed by atoms with Crippen LogP contribution >= 0.6 is 0 Å². The quantitative estimate of drug-likeness (QED) is 0.327. The summed E-state index contributed by atoms with van der Waals surface area (Å²) in [6.07, 6.45) is 8.09. The first-order valence-corrected chi connectivity index (χ1v) is 13.0. The Morgan fingerprint density at radius 1 is 1.10 bits per heavy atom. The highest BCUT2D eigenvalue weighted by Crippen LogP contribution is 2.32. The Bertz CT molecular complexity index is 1450. The van der Waals surface area contributed by atoms with E-state index in [9.17, 15) is 4.79 Å². The van der Waals surface area contributed by atoms with Gasteiger partial charge in [-0.2, -0.15) is 10.4 Å². The monoisotopic (exact) mass is 523 g/mol. The number of rotatable bonds is 7. The summed E-state index contributed by atoms with van der Waals surface area (Å²) in [6, 6.07) is 20.2. The Labute approximate surface area is 227 Å². The van der Waals surface area contributed by atoms with Crippen LogP contribution in [0, 0.1) is 17.1 Å². The number of halogens is 1. The topological polar surface area (TPSA) is 98.9 Å². The molecule has 9 heteroatoms. The number of hydrogen-bond donors (Lipinski definition) is 2. The van der Waals surface area contributed by atoms with E-state index in [1.54, 1.807) is 59.5 Å². The van der Waals surface area contributed by atoms with Crippen LogP contribution < -0.4 is 15.5 Å². The number of aryl methyl sites for hydroxylation is 1.